The third kappa shape index (κ3) is 1.53. The monoisotopic (exact) mass is 211 g/mol. The zero-order valence-electron chi connectivity index (χ0n) is 8.28. The molecule has 0 radical (unpaired) electrons. The molecule has 1 aliphatic heterocycles. The average molecular weight is 211 g/mol. The van der Waals surface area contributed by atoms with Crippen molar-refractivity contribution in [3.05, 3.63) is 16.6 Å². The van der Waals surface area contributed by atoms with E-state index in [-0.39, 0.29) is 11.4 Å². The van der Waals surface area contributed by atoms with E-state index in [1.165, 1.54) is 11.5 Å². The van der Waals surface area contributed by atoms with Crippen molar-refractivity contribution in [2.24, 2.45) is 5.73 Å². The molecule has 0 bridgehead atoms. The molecule has 0 aliphatic carbocycles. The summed E-state index contributed by atoms with van der Waals surface area (Å²) in [5.41, 5.74) is 6.35. The Morgan fingerprint density at radius 1 is 1.71 bits per heavy atom. The Kier molecular flexibility index (Phi) is 2.08. The quantitative estimate of drug-likeness (QED) is 0.741. The third-order valence-electron chi connectivity index (χ3n) is 2.37. The van der Waals surface area contributed by atoms with Gasteiger partial charge in [0.1, 0.15) is 0 Å². The maximum atomic E-state index is 11.8. The lowest BCUT2D eigenvalue weighted by atomic mass is 9.93. The van der Waals surface area contributed by atoms with Gasteiger partial charge < -0.3 is 10.6 Å². The van der Waals surface area contributed by atoms with Gasteiger partial charge in [-0.05, 0) is 25.4 Å². The van der Waals surface area contributed by atoms with Gasteiger partial charge in [-0.25, -0.2) is 4.37 Å². The summed E-state index contributed by atoms with van der Waals surface area (Å²) in [5.74, 6) is 0.0548. The van der Waals surface area contributed by atoms with Crippen molar-refractivity contribution >= 4 is 17.4 Å². The topological polar surface area (TPSA) is 59.2 Å². The molecule has 1 saturated heterocycles. The number of likely N-dealkylation sites (tertiary alicyclic amines) is 1. The minimum absolute atomic E-state index is 0.0548. The first kappa shape index (κ1) is 9.61. The highest BCUT2D eigenvalue weighted by Crippen LogP contribution is 2.22. The van der Waals surface area contributed by atoms with Crippen molar-refractivity contribution in [3.63, 3.8) is 0 Å². The summed E-state index contributed by atoms with van der Waals surface area (Å²) in [6.07, 6.45) is 1.63. The van der Waals surface area contributed by atoms with E-state index < -0.39 is 0 Å². The fraction of sp³-hybridized carbons (Fsp3) is 0.556. The third-order valence-corrected chi connectivity index (χ3v) is 3.08. The van der Waals surface area contributed by atoms with E-state index in [2.05, 4.69) is 4.37 Å². The molecule has 0 atom stereocenters. The fourth-order valence-corrected chi connectivity index (χ4v) is 2.20. The molecule has 1 fully saturated rings. The van der Waals surface area contributed by atoms with Gasteiger partial charge >= 0.3 is 0 Å². The summed E-state index contributed by atoms with van der Waals surface area (Å²) in [6.45, 7) is 5.14. The summed E-state index contributed by atoms with van der Waals surface area (Å²) in [4.78, 5) is 14.6. The Balaban J connectivity index is 2.08. The van der Waals surface area contributed by atoms with Crippen LogP contribution in [0.5, 0.6) is 0 Å². The molecule has 2 N–H and O–H groups in total. The van der Waals surface area contributed by atoms with Crippen LogP contribution >= 0.6 is 11.5 Å². The number of amides is 1. The molecule has 1 aromatic rings. The molecule has 1 aromatic heterocycles. The second-order valence-electron chi connectivity index (χ2n) is 4.11. The van der Waals surface area contributed by atoms with Gasteiger partial charge in [0.15, 0.2) is 0 Å². The van der Waals surface area contributed by atoms with E-state index in [0.29, 0.717) is 18.7 Å². The second kappa shape index (κ2) is 3.03. The smallest absolute Gasteiger partial charge is 0.256 e. The lowest BCUT2D eigenvalue weighted by molar-refractivity contribution is 0.0453. The number of rotatable bonds is 1. The minimum atomic E-state index is -0.201. The number of carbonyl (C=O) groups excluding carboxylic acids is 1. The van der Waals surface area contributed by atoms with Gasteiger partial charge in [0.2, 0.25) is 0 Å². The first-order valence-electron chi connectivity index (χ1n) is 4.49. The van der Waals surface area contributed by atoms with Crippen LogP contribution in [0, 0.1) is 6.92 Å². The van der Waals surface area contributed by atoms with Crippen molar-refractivity contribution in [3.8, 4) is 0 Å². The Morgan fingerprint density at radius 2 is 2.36 bits per heavy atom. The normalized spacial score (nSPS) is 19.2. The number of aromatic nitrogens is 1. The molecule has 14 heavy (non-hydrogen) atoms. The maximum Gasteiger partial charge on any atom is 0.256 e. The lowest BCUT2D eigenvalue weighted by Crippen LogP contribution is -2.66. The van der Waals surface area contributed by atoms with E-state index in [9.17, 15) is 4.79 Å². The molecule has 0 saturated carbocycles. The standard InChI is InChI=1S/C9H13N3OS/c1-6-7(3-11-14-6)8(13)12-4-9(2,10)5-12/h3H,4-5,10H2,1-2H3. The van der Waals surface area contributed by atoms with E-state index in [1.54, 1.807) is 11.1 Å². The van der Waals surface area contributed by atoms with Gasteiger partial charge in [-0.3, -0.25) is 4.79 Å². The minimum Gasteiger partial charge on any atom is -0.335 e. The van der Waals surface area contributed by atoms with Crippen LogP contribution in [0.15, 0.2) is 6.20 Å². The zero-order valence-corrected chi connectivity index (χ0v) is 9.10. The van der Waals surface area contributed by atoms with Gasteiger partial charge in [-0.1, -0.05) is 0 Å². The van der Waals surface area contributed by atoms with Crippen molar-refractivity contribution < 1.29 is 4.79 Å². The van der Waals surface area contributed by atoms with Crippen LogP contribution in [-0.4, -0.2) is 33.8 Å². The highest BCUT2D eigenvalue weighted by Gasteiger charge is 2.38. The van der Waals surface area contributed by atoms with E-state index in [4.69, 9.17) is 5.73 Å². The number of nitrogens with zero attached hydrogens (tertiary/aromatic N) is 2. The molecule has 5 heteroatoms. The van der Waals surface area contributed by atoms with Gasteiger partial charge in [-0.15, -0.1) is 0 Å². The first-order chi connectivity index (χ1) is 6.49. The number of nitrogens with two attached hydrogens (primary N) is 1. The van der Waals surface area contributed by atoms with Crippen LogP contribution in [0.1, 0.15) is 22.2 Å². The van der Waals surface area contributed by atoms with Gasteiger partial charge in [0, 0.05) is 23.5 Å². The van der Waals surface area contributed by atoms with Crippen LogP contribution in [0.3, 0.4) is 0 Å². The van der Waals surface area contributed by atoms with Crippen LogP contribution in [0.4, 0.5) is 0 Å². The molecule has 4 nitrogen and oxygen atoms in total. The Bertz CT molecular complexity index is 364. The molecule has 0 spiro atoms. The molecule has 0 aromatic carbocycles. The molecule has 2 rings (SSSR count). The Morgan fingerprint density at radius 3 is 2.79 bits per heavy atom. The second-order valence-corrected chi connectivity index (χ2v) is 5.12. The summed E-state index contributed by atoms with van der Waals surface area (Å²) in [5, 5.41) is 0. The Hall–Kier alpha value is -0.940. The molecule has 76 valence electrons. The van der Waals surface area contributed by atoms with E-state index in [1.807, 2.05) is 13.8 Å². The predicted octanol–water partition coefficient (Wildman–Crippen LogP) is 0.625. The van der Waals surface area contributed by atoms with Crippen molar-refractivity contribution in [1.29, 1.82) is 0 Å². The van der Waals surface area contributed by atoms with E-state index >= 15 is 0 Å². The summed E-state index contributed by atoms with van der Waals surface area (Å²) in [7, 11) is 0. The maximum absolute atomic E-state index is 11.8. The number of aryl methyl sites for hydroxylation is 1. The van der Waals surface area contributed by atoms with Gasteiger partial charge in [-0.2, -0.15) is 0 Å². The Labute approximate surface area is 86.9 Å². The lowest BCUT2D eigenvalue weighted by Gasteiger charge is -2.45. The van der Waals surface area contributed by atoms with Gasteiger partial charge in [0.25, 0.3) is 5.91 Å². The van der Waals surface area contributed by atoms with Crippen LogP contribution in [0.25, 0.3) is 0 Å². The summed E-state index contributed by atoms with van der Waals surface area (Å²) >= 11 is 1.36. The van der Waals surface area contributed by atoms with Crippen LogP contribution in [0.2, 0.25) is 0 Å². The number of hydrogen-bond donors (Lipinski definition) is 1. The molecule has 2 heterocycles. The van der Waals surface area contributed by atoms with Crippen molar-refractivity contribution in [2.75, 3.05) is 13.1 Å². The number of hydrogen-bond acceptors (Lipinski definition) is 4. The molecule has 0 unspecified atom stereocenters. The molecule has 1 amide bonds. The van der Waals surface area contributed by atoms with Crippen molar-refractivity contribution in [1.82, 2.24) is 9.27 Å². The highest BCUT2D eigenvalue weighted by atomic mass is 32.1. The predicted molar refractivity (Wildman–Crippen MR) is 55.3 cm³/mol. The molecule has 1 aliphatic rings. The summed E-state index contributed by atoms with van der Waals surface area (Å²) < 4.78 is 3.98. The van der Waals surface area contributed by atoms with Crippen molar-refractivity contribution in [2.45, 2.75) is 19.4 Å². The van der Waals surface area contributed by atoms with Gasteiger partial charge in [0.05, 0.1) is 11.8 Å². The average Bonchev–Trinajstić information content (AvgIpc) is 2.45. The number of carbonyl (C=O) groups is 1. The highest BCUT2D eigenvalue weighted by molar-refractivity contribution is 7.06. The molecular weight excluding hydrogens is 198 g/mol. The fourth-order valence-electron chi connectivity index (χ4n) is 1.64. The largest absolute Gasteiger partial charge is 0.335 e. The van der Waals surface area contributed by atoms with E-state index in [0.717, 1.165) is 4.88 Å². The molecular formula is C9H13N3OS. The van der Waals surface area contributed by atoms with Crippen LogP contribution < -0.4 is 5.73 Å². The first-order valence-corrected chi connectivity index (χ1v) is 5.26. The SMILES string of the molecule is Cc1sncc1C(=O)N1CC(C)(N)C1. The summed E-state index contributed by atoms with van der Waals surface area (Å²) in [6, 6.07) is 0. The zero-order chi connectivity index (χ0) is 10.3. The van der Waals surface area contributed by atoms with Crippen LogP contribution in [-0.2, 0) is 0 Å².